The second-order valence-corrected chi connectivity index (χ2v) is 9.85. The molecule has 7 nitrogen and oxygen atoms in total. The molecule has 0 spiro atoms. The Morgan fingerprint density at radius 3 is 2.26 bits per heavy atom. The SMILES string of the molecule is Cc1cc(C)c(NC(=O)C(=O)NC[C@@H](c2ccc3c(c2)CCN3C)N2CCN(C)CC2)c(C)c1. The Labute approximate surface area is 203 Å². The van der Waals surface area contributed by atoms with E-state index in [4.69, 9.17) is 0 Å². The number of aryl methyl sites for hydroxylation is 3. The Kier molecular flexibility index (Phi) is 7.24. The molecule has 0 bridgehead atoms. The van der Waals surface area contributed by atoms with Crippen LogP contribution in [-0.2, 0) is 16.0 Å². The van der Waals surface area contributed by atoms with Gasteiger partial charge in [-0.25, -0.2) is 0 Å². The number of nitrogens with one attached hydrogen (secondary N) is 2. The van der Waals surface area contributed by atoms with Gasteiger partial charge in [-0.2, -0.15) is 0 Å². The summed E-state index contributed by atoms with van der Waals surface area (Å²) in [7, 11) is 4.26. The number of carbonyl (C=O) groups excluding carboxylic acids is 2. The van der Waals surface area contributed by atoms with Crippen molar-refractivity contribution in [3.05, 3.63) is 58.1 Å². The fourth-order valence-electron chi connectivity index (χ4n) is 5.20. The number of rotatable bonds is 5. The minimum atomic E-state index is -0.622. The number of nitrogens with zero attached hydrogens (tertiary/aromatic N) is 3. The van der Waals surface area contributed by atoms with Crippen molar-refractivity contribution in [1.29, 1.82) is 0 Å². The van der Waals surface area contributed by atoms with E-state index >= 15 is 0 Å². The molecule has 2 N–H and O–H groups in total. The Bertz CT molecular complexity index is 1050. The van der Waals surface area contributed by atoms with Crippen LogP contribution >= 0.6 is 0 Å². The van der Waals surface area contributed by atoms with Gasteiger partial charge in [-0.15, -0.1) is 0 Å². The van der Waals surface area contributed by atoms with Gasteiger partial charge in [-0.05, 0) is 62.6 Å². The highest BCUT2D eigenvalue weighted by molar-refractivity contribution is 6.39. The smallest absolute Gasteiger partial charge is 0.313 e. The lowest BCUT2D eigenvalue weighted by Gasteiger charge is -2.38. The molecule has 2 aliphatic heterocycles. The van der Waals surface area contributed by atoms with Gasteiger partial charge in [0.05, 0.1) is 6.04 Å². The molecule has 4 rings (SSSR count). The van der Waals surface area contributed by atoms with Crippen molar-refractivity contribution in [3.8, 4) is 0 Å². The standard InChI is InChI=1S/C27H37N5O2/c1-18-14-19(2)25(20(3)15-18)29-27(34)26(33)28-17-24(32-12-10-30(4)11-13-32)21-6-7-23-22(16-21)8-9-31(23)5/h6-7,14-16,24H,8-13,17H2,1-5H3,(H,28,33)(H,29,34)/t24-/m0/s1. The second-order valence-electron chi connectivity index (χ2n) is 9.85. The van der Waals surface area contributed by atoms with Crippen molar-refractivity contribution in [2.24, 2.45) is 0 Å². The number of fused-ring (bicyclic) bond motifs is 1. The third-order valence-electron chi connectivity index (χ3n) is 7.17. The number of piperazine rings is 1. The van der Waals surface area contributed by atoms with Crippen LogP contribution in [0.5, 0.6) is 0 Å². The van der Waals surface area contributed by atoms with Gasteiger partial charge in [0.2, 0.25) is 0 Å². The van der Waals surface area contributed by atoms with E-state index in [1.54, 1.807) is 0 Å². The summed E-state index contributed by atoms with van der Waals surface area (Å²) in [6, 6.07) is 10.7. The zero-order chi connectivity index (χ0) is 24.4. The predicted molar refractivity (Wildman–Crippen MR) is 138 cm³/mol. The predicted octanol–water partition coefficient (Wildman–Crippen LogP) is 2.65. The lowest BCUT2D eigenvalue weighted by atomic mass is 10.00. The molecule has 1 atom stereocenters. The molecular weight excluding hydrogens is 426 g/mol. The third kappa shape index (κ3) is 5.26. The molecule has 2 aromatic carbocycles. The minimum Gasteiger partial charge on any atom is -0.374 e. The molecule has 34 heavy (non-hydrogen) atoms. The van der Waals surface area contributed by atoms with Gasteiger partial charge in [0.1, 0.15) is 0 Å². The van der Waals surface area contributed by atoms with Crippen LogP contribution in [-0.4, -0.2) is 75.0 Å². The highest BCUT2D eigenvalue weighted by atomic mass is 16.2. The van der Waals surface area contributed by atoms with Crippen LogP contribution in [0.4, 0.5) is 11.4 Å². The van der Waals surface area contributed by atoms with Gasteiger partial charge in [0.15, 0.2) is 0 Å². The average Bonchev–Trinajstić information content (AvgIpc) is 3.17. The average molecular weight is 464 g/mol. The van der Waals surface area contributed by atoms with Crippen LogP contribution in [0, 0.1) is 20.8 Å². The largest absolute Gasteiger partial charge is 0.374 e. The van der Waals surface area contributed by atoms with Gasteiger partial charge in [-0.1, -0.05) is 29.8 Å². The molecule has 182 valence electrons. The molecule has 0 unspecified atom stereocenters. The lowest BCUT2D eigenvalue weighted by Crippen LogP contribution is -2.49. The number of hydrogen-bond donors (Lipinski definition) is 2. The third-order valence-corrected chi connectivity index (χ3v) is 7.17. The van der Waals surface area contributed by atoms with Gasteiger partial charge >= 0.3 is 11.8 Å². The highest BCUT2D eigenvalue weighted by Crippen LogP contribution is 2.31. The molecule has 2 amide bonds. The van der Waals surface area contributed by atoms with Crippen molar-refractivity contribution in [3.63, 3.8) is 0 Å². The quantitative estimate of drug-likeness (QED) is 0.668. The van der Waals surface area contributed by atoms with Crippen LogP contribution in [0.15, 0.2) is 30.3 Å². The number of amides is 2. The van der Waals surface area contributed by atoms with E-state index in [0.717, 1.165) is 55.8 Å². The molecule has 2 aromatic rings. The molecule has 0 aromatic heterocycles. The normalized spacial score (nSPS) is 17.4. The summed E-state index contributed by atoms with van der Waals surface area (Å²) < 4.78 is 0. The number of anilines is 2. The van der Waals surface area contributed by atoms with Gasteiger partial charge < -0.3 is 20.4 Å². The number of carbonyl (C=O) groups is 2. The summed E-state index contributed by atoms with van der Waals surface area (Å²) in [5.74, 6) is -1.22. The summed E-state index contributed by atoms with van der Waals surface area (Å²) in [4.78, 5) is 32.5. The second kappa shape index (κ2) is 10.2. The van der Waals surface area contributed by atoms with E-state index in [1.165, 1.54) is 16.8 Å². The zero-order valence-electron chi connectivity index (χ0n) is 21.1. The number of likely N-dealkylation sites (N-methyl/N-ethyl adjacent to an activating group) is 2. The first-order valence-corrected chi connectivity index (χ1v) is 12.2. The summed E-state index contributed by atoms with van der Waals surface area (Å²) in [5, 5.41) is 5.74. The van der Waals surface area contributed by atoms with Crippen LogP contribution in [0.1, 0.15) is 33.9 Å². The molecule has 7 heteroatoms. The van der Waals surface area contributed by atoms with E-state index in [9.17, 15) is 9.59 Å². The molecule has 2 heterocycles. The fourth-order valence-corrected chi connectivity index (χ4v) is 5.20. The highest BCUT2D eigenvalue weighted by Gasteiger charge is 2.27. The molecule has 0 aliphatic carbocycles. The first kappa shape index (κ1) is 24.2. The summed E-state index contributed by atoms with van der Waals surface area (Å²) in [6.45, 7) is 11.2. The van der Waals surface area contributed by atoms with Crippen LogP contribution < -0.4 is 15.5 Å². The molecule has 1 saturated heterocycles. The summed E-state index contributed by atoms with van der Waals surface area (Å²) >= 11 is 0. The first-order chi connectivity index (χ1) is 16.2. The lowest BCUT2D eigenvalue weighted by molar-refractivity contribution is -0.136. The fraction of sp³-hybridized carbons (Fsp3) is 0.481. The van der Waals surface area contributed by atoms with Crippen molar-refractivity contribution in [1.82, 2.24) is 15.1 Å². The maximum absolute atomic E-state index is 12.8. The van der Waals surface area contributed by atoms with Gasteiger partial charge in [-0.3, -0.25) is 14.5 Å². The topological polar surface area (TPSA) is 67.9 Å². The van der Waals surface area contributed by atoms with Crippen LogP contribution in [0.2, 0.25) is 0 Å². The molecule has 0 saturated carbocycles. The molecule has 1 fully saturated rings. The molecular formula is C27H37N5O2. The Hall–Kier alpha value is -2.90. The Balaban J connectivity index is 1.47. The van der Waals surface area contributed by atoms with E-state index in [0.29, 0.717) is 12.2 Å². The van der Waals surface area contributed by atoms with Gasteiger partial charge in [0, 0.05) is 57.7 Å². The van der Waals surface area contributed by atoms with Crippen LogP contribution in [0.3, 0.4) is 0 Å². The van der Waals surface area contributed by atoms with Crippen molar-refractivity contribution < 1.29 is 9.59 Å². The Morgan fingerprint density at radius 2 is 1.59 bits per heavy atom. The van der Waals surface area contributed by atoms with Crippen molar-refractivity contribution >= 4 is 23.2 Å². The number of benzene rings is 2. The van der Waals surface area contributed by atoms with Crippen molar-refractivity contribution in [2.45, 2.75) is 33.2 Å². The van der Waals surface area contributed by atoms with Crippen molar-refractivity contribution in [2.75, 3.05) is 63.6 Å². The summed E-state index contributed by atoms with van der Waals surface area (Å²) in [5.41, 5.74) is 7.59. The maximum Gasteiger partial charge on any atom is 0.313 e. The first-order valence-electron chi connectivity index (χ1n) is 12.2. The summed E-state index contributed by atoms with van der Waals surface area (Å²) in [6.07, 6.45) is 1.04. The van der Waals surface area contributed by atoms with E-state index < -0.39 is 11.8 Å². The monoisotopic (exact) mass is 463 g/mol. The van der Waals surface area contributed by atoms with E-state index in [1.807, 2.05) is 32.9 Å². The van der Waals surface area contributed by atoms with E-state index in [2.05, 4.69) is 57.6 Å². The minimum absolute atomic E-state index is 0.0319. The maximum atomic E-state index is 12.8. The zero-order valence-corrected chi connectivity index (χ0v) is 21.1. The molecule has 2 aliphatic rings. The van der Waals surface area contributed by atoms with Gasteiger partial charge in [0.25, 0.3) is 0 Å². The van der Waals surface area contributed by atoms with E-state index in [-0.39, 0.29) is 6.04 Å². The Morgan fingerprint density at radius 1 is 0.912 bits per heavy atom. The molecule has 0 radical (unpaired) electrons. The van der Waals surface area contributed by atoms with Crippen LogP contribution in [0.25, 0.3) is 0 Å². The number of hydrogen-bond acceptors (Lipinski definition) is 5.